The third-order valence-electron chi connectivity index (χ3n) is 2.20. The van der Waals surface area contributed by atoms with E-state index in [1.165, 1.54) is 6.07 Å². The summed E-state index contributed by atoms with van der Waals surface area (Å²) in [4.78, 5) is 17.8. The van der Waals surface area contributed by atoms with Crippen LogP contribution in [0.5, 0.6) is 5.75 Å². The molecule has 0 aliphatic heterocycles. The fraction of sp³-hybridized carbons (Fsp3) is 0.0909. The number of nitrogen functional groups attached to an aromatic ring is 1. The molecule has 2 aromatic rings. The van der Waals surface area contributed by atoms with Gasteiger partial charge < -0.3 is 10.5 Å². The van der Waals surface area contributed by atoms with Crippen molar-refractivity contribution in [1.82, 2.24) is 9.97 Å². The lowest BCUT2D eigenvalue weighted by atomic mass is 10.1. The lowest BCUT2D eigenvalue weighted by molar-refractivity contribution is 0.416. The Labute approximate surface area is 106 Å². The maximum Gasteiger partial charge on any atom is 0.252 e. The summed E-state index contributed by atoms with van der Waals surface area (Å²) in [6.07, 6.45) is 0. The second-order valence-corrected chi connectivity index (χ2v) is 4.28. The highest BCUT2D eigenvalue weighted by Crippen LogP contribution is 2.30. The third kappa shape index (κ3) is 2.47. The topological polar surface area (TPSA) is 81.0 Å². The molecule has 1 aromatic carbocycles. The van der Waals surface area contributed by atoms with Crippen molar-refractivity contribution in [3.63, 3.8) is 0 Å². The molecular formula is C11H10BrN3O2. The smallest absolute Gasteiger partial charge is 0.252 e. The summed E-state index contributed by atoms with van der Waals surface area (Å²) in [6.45, 7) is 0. The minimum absolute atomic E-state index is 0.0783. The number of rotatable bonds is 2. The van der Waals surface area contributed by atoms with E-state index in [0.717, 1.165) is 4.47 Å². The Kier molecular flexibility index (Phi) is 3.14. The van der Waals surface area contributed by atoms with Gasteiger partial charge in [-0.15, -0.1) is 0 Å². The highest BCUT2D eigenvalue weighted by molar-refractivity contribution is 9.10. The summed E-state index contributed by atoms with van der Waals surface area (Å²) in [6, 6.07) is 6.83. The summed E-state index contributed by atoms with van der Waals surface area (Å²) in [5, 5.41) is 0. The maximum absolute atomic E-state index is 11.3. The van der Waals surface area contributed by atoms with Gasteiger partial charge in [-0.1, -0.05) is 15.9 Å². The molecule has 88 valence electrons. The SMILES string of the molecule is COc1ccc(Br)cc1-c1cc(=O)[nH]c(N)n1. The number of H-pyrrole nitrogens is 1. The molecule has 0 radical (unpaired) electrons. The number of methoxy groups -OCH3 is 1. The van der Waals surface area contributed by atoms with Gasteiger partial charge in [-0.2, -0.15) is 0 Å². The zero-order valence-corrected chi connectivity index (χ0v) is 10.6. The van der Waals surface area contributed by atoms with Crippen LogP contribution in [-0.2, 0) is 0 Å². The van der Waals surface area contributed by atoms with Gasteiger partial charge >= 0.3 is 0 Å². The number of benzene rings is 1. The number of aromatic amines is 1. The molecular weight excluding hydrogens is 286 g/mol. The van der Waals surface area contributed by atoms with Crippen molar-refractivity contribution in [3.05, 3.63) is 39.1 Å². The Hall–Kier alpha value is -1.82. The molecule has 0 unspecified atom stereocenters. The van der Waals surface area contributed by atoms with Crippen LogP contribution in [0.2, 0.25) is 0 Å². The van der Waals surface area contributed by atoms with Gasteiger partial charge in [0.05, 0.1) is 12.8 Å². The van der Waals surface area contributed by atoms with Crippen molar-refractivity contribution in [2.24, 2.45) is 0 Å². The lowest BCUT2D eigenvalue weighted by Crippen LogP contribution is -2.10. The zero-order valence-electron chi connectivity index (χ0n) is 9.03. The van der Waals surface area contributed by atoms with Crippen LogP contribution in [0.4, 0.5) is 5.95 Å². The molecule has 0 saturated carbocycles. The molecule has 0 fully saturated rings. The Morgan fingerprint density at radius 3 is 2.82 bits per heavy atom. The van der Waals surface area contributed by atoms with Crippen molar-refractivity contribution in [1.29, 1.82) is 0 Å². The van der Waals surface area contributed by atoms with Crippen molar-refractivity contribution in [2.45, 2.75) is 0 Å². The van der Waals surface area contributed by atoms with E-state index in [4.69, 9.17) is 10.5 Å². The van der Waals surface area contributed by atoms with Crippen LogP contribution in [0, 0.1) is 0 Å². The molecule has 1 heterocycles. The Balaban J connectivity index is 2.66. The van der Waals surface area contributed by atoms with Gasteiger partial charge in [-0.3, -0.25) is 9.78 Å². The first-order valence-electron chi connectivity index (χ1n) is 4.81. The number of hydrogen-bond donors (Lipinski definition) is 2. The van der Waals surface area contributed by atoms with Crippen molar-refractivity contribution >= 4 is 21.9 Å². The number of aromatic nitrogens is 2. The van der Waals surface area contributed by atoms with Gasteiger partial charge in [0.25, 0.3) is 5.56 Å². The highest BCUT2D eigenvalue weighted by Gasteiger charge is 2.09. The van der Waals surface area contributed by atoms with E-state index in [9.17, 15) is 4.79 Å². The first-order valence-corrected chi connectivity index (χ1v) is 5.60. The number of halogens is 1. The minimum Gasteiger partial charge on any atom is -0.496 e. The van der Waals surface area contributed by atoms with Gasteiger partial charge in [0.2, 0.25) is 5.95 Å². The third-order valence-corrected chi connectivity index (χ3v) is 2.69. The molecule has 0 aliphatic rings. The van der Waals surface area contributed by atoms with E-state index < -0.39 is 0 Å². The fourth-order valence-electron chi connectivity index (χ4n) is 1.49. The monoisotopic (exact) mass is 295 g/mol. The number of nitrogens with one attached hydrogen (secondary N) is 1. The predicted molar refractivity (Wildman–Crippen MR) is 69.0 cm³/mol. The molecule has 6 heteroatoms. The molecule has 0 aliphatic carbocycles. The maximum atomic E-state index is 11.3. The summed E-state index contributed by atoms with van der Waals surface area (Å²) in [7, 11) is 1.56. The van der Waals surface area contributed by atoms with Crippen LogP contribution in [0.1, 0.15) is 0 Å². The number of nitrogens with zero attached hydrogens (tertiary/aromatic N) is 1. The average molecular weight is 296 g/mol. The Morgan fingerprint density at radius 2 is 2.18 bits per heavy atom. The fourth-order valence-corrected chi connectivity index (χ4v) is 1.86. The second kappa shape index (κ2) is 4.58. The molecule has 0 spiro atoms. The Bertz CT molecular complexity index is 610. The number of anilines is 1. The van der Waals surface area contributed by atoms with Gasteiger partial charge in [-0.05, 0) is 18.2 Å². The van der Waals surface area contributed by atoms with Crippen LogP contribution < -0.4 is 16.0 Å². The van der Waals surface area contributed by atoms with Crippen LogP contribution in [0.15, 0.2) is 33.5 Å². The highest BCUT2D eigenvalue weighted by atomic mass is 79.9. The van der Waals surface area contributed by atoms with Crippen LogP contribution in [0.25, 0.3) is 11.3 Å². The molecule has 0 atom stereocenters. The van der Waals surface area contributed by atoms with Crippen LogP contribution >= 0.6 is 15.9 Å². The van der Waals surface area contributed by atoms with Crippen molar-refractivity contribution in [3.8, 4) is 17.0 Å². The molecule has 0 bridgehead atoms. The number of ether oxygens (including phenoxy) is 1. The molecule has 17 heavy (non-hydrogen) atoms. The Morgan fingerprint density at radius 1 is 1.41 bits per heavy atom. The molecule has 3 N–H and O–H groups in total. The summed E-state index contributed by atoms with van der Waals surface area (Å²) < 4.78 is 6.09. The first-order chi connectivity index (χ1) is 8.10. The number of hydrogen-bond acceptors (Lipinski definition) is 4. The lowest BCUT2D eigenvalue weighted by Gasteiger charge is -2.08. The molecule has 2 rings (SSSR count). The second-order valence-electron chi connectivity index (χ2n) is 3.36. The van der Waals surface area contributed by atoms with Gasteiger partial charge in [0.1, 0.15) is 5.75 Å². The average Bonchev–Trinajstić information content (AvgIpc) is 2.27. The largest absolute Gasteiger partial charge is 0.496 e. The van der Waals surface area contributed by atoms with E-state index in [1.54, 1.807) is 13.2 Å². The van der Waals surface area contributed by atoms with E-state index in [1.807, 2.05) is 12.1 Å². The first kappa shape index (κ1) is 11.7. The van der Waals surface area contributed by atoms with Gasteiger partial charge in [0, 0.05) is 16.1 Å². The van der Waals surface area contributed by atoms with Crippen molar-refractivity contribution < 1.29 is 4.74 Å². The van der Waals surface area contributed by atoms with E-state index in [0.29, 0.717) is 17.0 Å². The molecule has 5 nitrogen and oxygen atoms in total. The van der Waals surface area contributed by atoms with Crippen molar-refractivity contribution in [2.75, 3.05) is 12.8 Å². The predicted octanol–water partition coefficient (Wildman–Crippen LogP) is 1.79. The normalized spacial score (nSPS) is 10.2. The summed E-state index contributed by atoms with van der Waals surface area (Å²) >= 11 is 3.36. The minimum atomic E-state index is -0.297. The van der Waals surface area contributed by atoms with Crippen LogP contribution in [-0.4, -0.2) is 17.1 Å². The standard InChI is InChI=1S/C11H10BrN3O2/c1-17-9-3-2-6(12)4-7(9)8-5-10(16)15-11(13)14-8/h2-5H,1H3,(H3,13,14,15,16). The van der Waals surface area contributed by atoms with Gasteiger partial charge in [-0.25, -0.2) is 4.98 Å². The van der Waals surface area contributed by atoms with Gasteiger partial charge in [0.15, 0.2) is 0 Å². The summed E-state index contributed by atoms with van der Waals surface area (Å²) in [5.74, 6) is 0.709. The van der Waals surface area contributed by atoms with E-state index in [-0.39, 0.29) is 11.5 Å². The quantitative estimate of drug-likeness (QED) is 0.885. The molecule has 0 saturated heterocycles. The molecule has 1 aromatic heterocycles. The zero-order chi connectivity index (χ0) is 12.4. The summed E-state index contributed by atoms with van der Waals surface area (Å²) in [5.41, 5.74) is 6.39. The van der Waals surface area contributed by atoms with E-state index >= 15 is 0 Å². The van der Waals surface area contributed by atoms with Crippen LogP contribution in [0.3, 0.4) is 0 Å². The van der Waals surface area contributed by atoms with E-state index in [2.05, 4.69) is 25.9 Å². The molecule has 0 amide bonds. The number of nitrogens with two attached hydrogens (primary N) is 1.